The predicted octanol–water partition coefficient (Wildman–Crippen LogP) is 3.87. The first-order chi connectivity index (χ1) is 13.2. The highest BCUT2D eigenvalue weighted by Gasteiger charge is 2.13. The van der Waals surface area contributed by atoms with Crippen LogP contribution in [0.5, 0.6) is 11.5 Å². The SMILES string of the molecule is COc1ccc(OC)c(CC(=O)Nc2cccc(CN3CCCCC3)c2)c1. The van der Waals surface area contributed by atoms with Crippen LogP contribution in [0.4, 0.5) is 5.69 Å². The highest BCUT2D eigenvalue weighted by Crippen LogP contribution is 2.25. The molecule has 0 spiro atoms. The van der Waals surface area contributed by atoms with Crippen LogP contribution >= 0.6 is 0 Å². The number of benzene rings is 2. The van der Waals surface area contributed by atoms with Crippen molar-refractivity contribution in [3.8, 4) is 11.5 Å². The second-order valence-electron chi connectivity index (χ2n) is 6.94. The molecule has 1 N–H and O–H groups in total. The molecule has 0 atom stereocenters. The Kier molecular flexibility index (Phi) is 6.71. The van der Waals surface area contributed by atoms with Crippen LogP contribution in [-0.2, 0) is 17.8 Å². The van der Waals surface area contributed by atoms with Gasteiger partial charge >= 0.3 is 0 Å². The van der Waals surface area contributed by atoms with Gasteiger partial charge in [-0.25, -0.2) is 0 Å². The van der Waals surface area contributed by atoms with E-state index in [2.05, 4.69) is 22.3 Å². The third kappa shape index (κ3) is 5.47. The maximum Gasteiger partial charge on any atom is 0.228 e. The van der Waals surface area contributed by atoms with E-state index in [0.717, 1.165) is 30.9 Å². The lowest BCUT2D eigenvalue weighted by Crippen LogP contribution is -2.29. The molecule has 5 nitrogen and oxygen atoms in total. The molecule has 0 aromatic heterocycles. The van der Waals surface area contributed by atoms with Gasteiger partial charge in [0.25, 0.3) is 0 Å². The smallest absolute Gasteiger partial charge is 0.228 e. The van der Waals surface area contributed by atoms with Gasteiger partial charge < -0.3 is 14.8 Å². The number of likely N-dealkylation sites (tertiary alicyclic amines) is 1. The summed E-state index contributed by atoms with van der Waals surface area (Å²) < 4.78 is 10.6. The number of piperidine rings is 1. The average Bonchev–Trinajstić information content (AvgIpc) is 2.69. The van der Waals surface area contributed by atoms with Gasteiger partial charge in [0.05, 0.1) is 20.6 Å². The quantitative estimate of drug-likeness (QED) is 0.806. The molecule has 0 radical (unpaired) electrons. The minimum atomic E-state index is -0.0725. The zero-order chi connectivity index (χ0) is 19.1. The zero-order valence-corrected chi connectivity index (χ0v) is 16.2. The van der Waals surface area contributed by atoms with E-state index < -0.39 is 0 Å². The fourth-order valence-electron chi connectivity index (χ4n) is 3.52. The molecule has 5 heteroatoms. The number of hydrogen-bond donors (Lipinski definition) is 1. The van der Waals surface area contributed by atoms with E-state index in [4.69, 9.17) is 9.47 Å². The highest BCUT2D eigenvalue weighted by atomic mass is 16.5. The van der Waals surface area contributed by atoms with Crippen molar-refractivity contribution in [1.82, 2.24) is 4.90 Å². The third-order valence-corrected chi connectivity index (χ3v) is 4.90. The van der Waals surface area contributed by atoms with Gasteiger partial charge in [0.1, 0.15) is 11.5 Å². The van der Waals surface area contributed by atoms with E-state index in [-0.39, 0.29) is 12.3 Å². The molecule has 1 saturated heterocycles. The van der Waals surface area contributed by atoms with Crippen molar-refractivity contribution in [3.63, 3.8) is 0 Å². The van der Waals surface area contributed by atoms with Crippen molar-refractivity contribution in [1.29, 1.82) is 0 Å². The number of rotatable bonds is 7. The molecular formula is C22H28N2O3. The Balaban J connectivity index is 1.63. The fraction of sp³-hybridized carbons (Fsp3) is 0.409. The van der Waals surface area contributed by atoms with Crippen LogP contribution in [0.2, 0.25) is 0 Å². The molecule has 0 saturated carbocycles. The molecule has 1 aliphatic heterocycles. The first kappa shape index (κ1) is 19.2. The normalized spacial score (nSPS) is 14.6. The number of nitrogens with one attached hydrogen (secondary N) is 1. The van der Waals surface area contributed by atoms with Crippen LogP contribution < -0.4 is 14.8 Å². The van der Waals surface area contributed by atoms with E-state index in [9.17, 15) is 4.79 Å². The molecule has 1 fully saturated rings. The summed E-state index contributed by atoms with van der Waals surface area (Å²) in [4.78, 5) is 15.0. The zero-order valence-electron chi connectivity index (χ0n) is 16.2. The molecule has 1 aliphatic rings. The first-order valence-corrected chi connectivity index (χ1v) is 9.50. The standard InChI is InChI=1S/C22H28N2O3/c1-26-20-9-10-21(27-2)18(14-20)15-22(25)23-19-8-6-7-17(13-19)16-24-11-4-3-5-12-24/h6-10,13-14H,3-5,11-12,15-16H2,1-2H3,(H,23,25). The highest BCUT2D eigenvalue weighted by molar-refractivity contribution is 5.92. The van der Waals surface area contributed by atoms with E-state index >= 15 is 0 Å². The summed E-state index contributed by atoms with van der Waals surface area (Å²) in [6.07, 6.45) is 4.12. The number of carbonyl (C=O) groups excluding carboxylic acids is 1. The van der Waals surface area contributed by atoms with Crippen molar-refractivity contribution in [2.24, 2.45) is 0 Å². The summed E-state index contributed by atoms with van der Waals surface area (Å²) >= 11 is 0. The van der Waals surface area contributed by atoms with Gasteiger partial charge in [0.15, 0.2) is 0 Å². The molecule has 0 aliphatic carbocycles. The summed E-state index contributed by atoms with van der Waals surface area (Å²) in [6.45, 7) is 3.26. The minimum absolute atomic E-state index is 0.0725. The Morgan fingerprint density at radius 1 is 1.04 bits per heavy atom. The van der Waals surface area contributed by atoms with E-state index in [1.807, 2.05) is 30.3 Å². The van der Waals surface area contributed by atoms with Crippen molar-refractivity contribution >= 4 is 11.6 Å². The summed E-state index contributed by atoms with van der Waals surface area (Å²) in [5, 5.41) is 3.00. The molecule has 3 rings (SSSR count). The number of hydrogen-bond acceptors (Lipinski definition) is 4. The lowest BCUT2D eigenvalue weighted by atomic mass is 10.1. The van der Waals surface area contributed by atoms with Gasteiger partial charge in [-0.1, -0.05) is 18.6 Å². The van der Waals surface area contributed by atoms with Gasteiger partial charge in [-0.15, -0.1) is 0 Å². The maximum atomic E-state index is 12.5. The number of nitrogens with zero attached hydrogens (tertiary/aromatic N) is 1. The van der Waals surface area contributed by atoms with Crippen LogP contribution in [-0.4, -0.2) is 38.1 Å². The lowest BCUT2D eigenvalue weighted by Gasteiger charge is -2.26. The van der Waals surface area contributed by atoms with Crippen LogP contribution in [0.3, 0.4) is 0 Å². The first-order valence-electron chi connectivity index (χ1n) is 9.50. The Morgan fingerprint density at radius 3 is 2.59 bits per heavy atom. The van der Waals surface area contributed by atoms with E-state index in [1.165, 1.54) is 24.8 Å². The van der Waals surface area contributed by atoms with Gasteiger partial charge in [-0.2, -0.15) is 0 Å². The Hall–Kier alpha value is -2.53. The molecule has 2 aromatic carbocycles. The van der Waals surface area contributed by atoms with Gasteiger partial charge in [-0.3, -0.25) is 9.69 Å². The average molecular weight is 368 g/mol. The minimum Gasteiger partial charge on any atom is -0.497 e. The van der Waals surface area contributed by atoms with Crippen LogP contribution in [0, 0.1) is 0 Å². The van der Waals surface area contributed by atoms with E-state index in [0.29, 0.717) is 11.5 Å². The second kappa shape index (κ2) is 9.42. The monoisotopic (exact) mass is 368 g/mol. The maximum absolute atomic E-state index is 12.5. The summed E-state index contributed by atoms with van der Waals surface area (Å²) in [5.41, 5.74) is 2.86. The van der Waals surface area contributed by atoms with Gasteiger partial charge in [0, 0.05) is 17.8 Å². The van der Waals surface area contributed by atoms with Crippen LogP contribution in [0.1, 0.15) is 30.4 Å². The number of anilines is 1. The molecule has 144 valence electrons. The van der Waals surface area contributed by atoms with Crippen molar-refractivity contribution in [2.45, 2.75) is 32.2 Å². The van der Waals surface area contributed by atoms with Crippen LogP contribution in [0.25, 0.3) is 0 Å². The Morgan fingerprint density at radius 2 is 1.85 bits per heavy atom. The second-order valence-corrected chi connectivity index (χ2v) is 6.94. The lowest BCUT2D eigenvalue weighted by molar-refractivity contribution is -0.115. The number of amides is 1. The predicted molar refractivity (Wildman–Crippen MR) is 107 cm³/mol. The van der Waals surface area contributed by atoms with Gasteiger partial charge in [-0.05, 0) is 61.8 Å². The molecule has 0 unspecified atom stereocenters. The number of ether oxygens (including phenoxy) is 2. The summed E-state index contributed by atoms with van der Waals surface area (Å²) in [5.74, 6) is 1.32. The van der Waals surface area contributed by atoms with E-state index in [1.54, 1.807) is 14.2 Å². The summed E-state index contributed by atoms with van der Waals surface area (Å²) in [6, 6.07) is 13.6. The Bertz CT molecular complexity index is 770. The Labute approximate surface area is 161 Å². The van der Waals surface area contributed by atoms with Crippen molar-refractivity contribution < 1.29 is 14.3 Å². The molecule has 27 heavy (non-hydrogen) atoms. The molecular weight excluding hydrogens is 340 g/mol. The van der Waals surface area contributed by atoms with Crippen molar-refractivity contribution in [2.75, 3.05) is 32.6 Å². The fourth-order valence-corrected chi connectivity index (χ4v) is 3.52. The molecule has 1 amide bonds. The largest absolute Gasteiger partial charge is 0.497 e. The topological polar surface area (TPSA) is 50.8 Å². The van der Waals surface area contributed by atoms with Crippen LogP contribution in [0.15, 0.2) is 42.5 Å². The molecule has 1 heterocycles. The third-order valence-electron chi connectivity index (χ3n) is 4.90. The molecule has 2 aromatic rings. The number of carbonyl (C=O) groups is 1. The van der Waals surface area contributed by atoms with Gasteiger partial charge in [0.2, 0.25) is 5.91 Å². The number of methoxy groups -OCH3 is 2. The summed E-state index contributed by atoms with van der Waals surface area (Å²) in [7, 11) is 3.22. The van der Waals surface area contributed by atoms with Crippen molar-refractivity contribution in [3.05, 3.63) is 53.6 Å². The molecule has 0 bridgehead atoms.